The molecule has 3 heterocycles. The third-order valence-corrected chi connectivity index (χ3v) is 8.50. The van der Waals surface area contributed by atoms with Crippen molar-refractivity contribution in [3.05, 3.63) is 77.7 Å². The second kappa shape index (κ2) is 13.4. The molecule has 0 unspecified atom stereocenters. The molecule has 1 fully saturated rings. The molecule has 0 saturated carbocycles. The summed E-state index contributed by atoms with van der Waals surface area (Å²) < 4.78 is 23.1. The van der Waals surface area contributed by atoms with Gasteiger partial charge in [-0.2, -0.15) is 9.61 Å². The highest BCUT2D eigenvalue weighted by molar-refractivity contribution is 5.88. The summed E-state index contributed by atoms with van der Waals surface area (Å²) in [4.78, 5) is 22.4. The van der Waals surface area contributed by atoms with E-state index in [1.54, 1.807) is 43.6 Å². The van der Waals surface area contributed by atoms with Crippen LogP contribution in [0.3, 0.4) is 0 Å². The van der Waals surface area contributed by atoms with Crippen LogP contribution in [-0.2, 0) is 17.7 Å². The Morgan fingerprint density at radius 1 is 1.07 bits per heavy atom. The molecule has 9 nitrogen and oxygen atoms in total. The molecule has 1 aliphatic rings. The number of rotatable bonds is 8. The largest absolute Gasteiger partial charge is 0.443 e. The number of ether oxygens (including phenoxy) is 1. The number of β-amino-alcohol motifs (C(OH)–C–C–N with tert-alkyl or cyclic N) is 1. The number of fused-ring (bicyclic) bond motifs is 1. The van der Waals surface area contributed by atoms with E-state index in [0.717, 1.165) is 29.7 Å². The fourth-order valence-electron chi connectivity index (χ4n) is 5.80. The van der Waals surface area contributed by atoms with Gasteiger partial charge in [-0.05, 0) is 78.1 Å². The number of nitrogens with zero attached hydrogens (tertiary/aromatic N) is 5. The van der Waals surface area contributed by atoms with Crippen LogP contribution < -0.4 is 10.2 Å². The van der Waals surface area contributed by atoms with Gasteiger partial charge in [-0.1, -0.05) is 49.4 Å². The number of aliphatic hydroxyl groups excluding tert-OH is 1. The van der Waals surface area contributed by atoms with Crippen molar-refractivity contribution in [1.29, 1.82) is 0 Å². The first-order valence-electron chi connectivity index (χ1n) is 16.1. The fourth-order valence-corrected chi connectivity index (χ4v) is 5.80. The van der Waals surface area contributed by atoms with Gasteiger partial charge < -0.3 is 15.2 Å². The van der Waals surface area contributed by atoms with Crippen LogP contribution in [0.1, 0.15) is 66.0 Å². The molecule has 46 heavy (non-hydrogen) atoms. The minimum absolute atomic E-state index is 0.00804. The average molecular weight is 631 g/mol. The number of hydrogen-bond acceptors (Lipinski definition) is 7. The van der Waals surface area contributed by atoms with Crippen LogP contribution in [0.15, 0.2) is 60.8 Å². The van der Waals surface area contributed by atoms with Crippen LogP contribution in [0, 0.1) is 11.7 Å². The molecule has 2 N–H and O–H groups in total. The van der Waals surface area contributed by atoms with E-state index in [4.69, 9.17) is 9.72 Å². The van der Waals surface area contributed by atoms with Crippen LogP contribution in [0.5, 0.6) is 0 Å². The summed E-state index contributed by atoms with van der Waals surface area (Å²) >= 11 is 0. The molecule has 1 aliphatic heterocycles. The molecule has 0 radical (unpaired) electrons. The zero-order chi connectivity index (χ0) is 33.2. The highest BCUT2D eigenvalue weighted by atomic mass is 19.1. The third-order valence-electron chi connectivity index (χ3n) is 8.50. The molecule has 10 heteroatoms. The SMILES string of the molecule is CCc1cnn2c(N(Cc3ccc(-c4ccccc4)cc3F)C(=O)OC(C)(C)C)cc(NC[C@H]3CCN(C(C)(C)C)C[C@@H]3O)nc12. The number of aliphatic hydroxyl groups is 1. The lowest BCUT2D eigenvalue weighted by Crippen LogP contribution is -2.53. The van der Waals surface area contributed by atoms with Crippen molar-refractivity contribution < 1.29 is 19.0 Å². The Bertz CT molecular complexity index is 1660. The van der Waals surface area contributed by atoms with Gasteiger partial charge in [0.15, 0.2) is 5.65 Å². The number of benzene rings is 2. The molecule has 246 valence electrons. The summed E-state index contributed by atoms with van der Waals surface area (Å²) in [5.74, 6) is 0.548. The van der Waals surface area contributed by atoms with Crippen LogP contribution in [0.25, 0.3) is 16.8 Å². The van der Waals surface area contributed by atoms with Crippen LogP contribution in [0.4, 0.5) is 20.8 Å². The summed E-state index contributed by atoms with van der Waals surface area (Å²) in [7, 11) is 0. The summed E-state index contributed by atoms with van der Waals surface area (Å²) in [5, 5.41) is 19.0. The number of anilines is 2. The van der Waals surface area contributed by atoms with E-state index in [2.05, 4.69) is 36.1 Å². The standard InChI is InChI=1S/C36H47FN6O3/c1-8-24-21-39-43-32(19-31(40-33(24)43)38-20-27-16-17-41(23-30(27)44)35(2,3)4)42(34(45)46-36(5,6)7)22-28-15-14-26(18-29(28)37)25-12-10-9-11-13-25/h9-15,18-19,21,27,30,44H,8,16-17,20,22-23H2,1-7H3,(H,38,40)/t27-,30+/m1/s1. The third kappa shape index (κ3) is 7.67. The molecule has 0 aliphatic carbocycles. The number of aryl methyl sites for hydroxylation is 1. The number of hydrogen-bond donors (Lipinski definition) is 2. The topological polar surface area (TPSA) is 95.2 Å². The van der Waals surface area contributed by atoms with Crippen molar-refractivity contribution in [2.24, 2.45) is 5.92 Å². The van der Waals surface area contributed by atoms with Crippen molar-refractivity contribution >= 4 is 23.4 Å². The van der Waals surface area contributed by atoms with Crippen molar-refractivity contribution in [3.63, 3.8) is 0 Å². The highest BCUT2D eigenvalue weighted by Gasteiger charge is 2.33. The fraction of sp³-hybridized carbons (Fsp3) is 0.472. The molecule has 1 saturated heterocycles. The van der Waals surface area contributed by atoms with Gasteiger partial charge in [0.05, 0.1) is 18.8 Å². The highest BCUT2D eigenvalue weighted by Crippen LogP contribution is 2.30. The lowest BCUT2D eigenvalue weighted by molar-refractivity contribution is -0.0108. The van der Waals surface area contributed by atoms with E-state index in [-0.39, 0.29) is 18.0 Å². The molecule has 2 atom stereocenters. The number of aromatic nitrogens is 3. The molecule has 2 aromatic carbocycles. The Morgan fingerprint density at radius 3 is 2.43 bits per heavy atom. The number of amides is 1. The first-order chi connectivity index (χ1) is 21.7. The summed E-state index contributed by atoms with van der Waals surface area (Å²) in [6, 6.07) is 16.4. The van der Waals surface area contributed by atoms with Crippen molar-refractivity contribution in [3.8, 4) is 11.1 Å². The Labute approximate surface area is 271 Å². The predicted molar refractivity (Wildman–Crippen MR) is 181 cm³/mol. The maximum Gasteiger partial charge on any atom is 0.416 e. The van der Waals surface area contributed by atoms with E-state index in [0.29, 0.717) is 42.4 Å². The lowest BCUT2D eigenvalue weighted by Gasteiger charge is -2.43. The van der Waals surface area contributed by atoms with Crippen LogP contribution in [-0.4, -0.2) is 67.6 Å². The van der Waals surface area contributed by atoms with Crippen molar-refractivity contribution in [2.75, 3.05) is 29.9 Å². The number of carbonyl (C=O) groups excluding carboxylic acids is 1. The number of nitrogens with one attached hydrogen (secondary N) is 1. The summed E-state index contributed by atoms with van der Waals surface area (Å²) in [6.07, 6.45) is 2.16. The monoisotopic (exact) mass is 630 g/mol. The molecule has 2 aromatic heterocycles. The van der Waals surface area contributed by atoms with Crippen LogP contribution >= 0.6 is 0 Å². The first kappa shape index (κ1) is 33.3. The van der Waals surface area contributed by atoms with Crippen molar-refractivity contribution in [1.82, 2.24) is 19.5 Å². The van der Waals surface area contributed by atoms with Gasteiger partial charge in [0.2, 0.25) is 0 Å². The molecule has 4 aromatic rings. The normalized spacial score (nSPS) is 17.7. The van der Waals surface area contributed by atoms with E-state index in [9.17, 15) is 9.90 Å². The Kier molecular flexibility index (Phi) is 9.70. The molecular weight excluding hydrogens is 583 g/mol. The predicted octanol–water partition coefficient (Wildman–Crippen LogP) is 6.93. The molecule has 0 spiro atoms. The van der Waals surface area contributed by atoms with Gasteiger partial charge in [-0.3, -0.25) is 9.80 Å². The minimum atomic E-state index is -0.783. The smallest absolute Gasteiger partial charge is 0.416 e. The number of piperidine rings is 1. The first-order valence-corrected chi connectivity index (χ1v) is 16.1. The van der Waals surface area contributed by atoms with Gasteiger partial charge >= 0.3 is 6.09 Å². The summed E-state index contributed by atoms with van der Waals surface area (Å²) in [5.41, 5.74) is 2.70. The molecule has 0 bridgehead atoms. The second-order valence-corrected chi connectivity index (χ2v) is 14.1. The van der Waals surface area contributed by atoms with Gasteiger partial charge in [-0.15, -0.1) is 0 Å². The maximum atomic E-state index is 15.7. The average Bonchev–Trinajstić information content (AvgIpc) is 3.41. The zero-order valence-electron chi connectivity index (χ0n) is 28.0. The van der Waals surface area contributed by atoms with E-state index < -0.39 is 23.6 Å². The van der Waals surface area contributed by atoms with Crippen molar-refractivity contribution in [2.45, 2.75) is 85.1 Å². The van der Waals surface area contributed by atoms with Gasteiger partial charge in [0.1, 0.15) is 23.1 Å². The van der Waals surface area contributed by atoms with Gasteiger partial charge in [0, 0.05) is 41.7 Å². The summed E-state index contributed by atoms with van der Waals surface area (Å²) in [6.45, 7) is 15.8. The Balaban J connectivity index is 1.48. The number of likely N-dealkylation sites (tertiary alicyclic amines) is 1. The number of carbonyl (C=O) groups is 1. The van der Waals surface area contributed by atoms with E-state index in [1.807, 2.05) is 43.3 Å². The van der Waals surface area contributed by atoms with Crippen LogP contribution in [0.2, 0.25) is 0 Å². The quantitative estimate of drug-likeness (QED) is 0.218. The number of halogens is 1. The van der Waals surface area contributed by atoms with E-state index in [1.165, 1.54) is 11.0 Å². The van der Waals surface area contributed by atoms with Gasteiger partial charge in [0.25, 0.3) is 0 Å². The second-order valence-electron chi connectivity index (χ2n) is 14.1. The molecule has 5 rings (SSSR count). The van der Waals surface area contributed by atoms with E-state index >= 15 is 4.39 Å². The Hall–Kier alpha value is -4.02. The molecular formula is C36H47FN6O3. The lowest BCUT2D eigenvalue weighted by atomic mass is 9.90. The minimum Gasteiger partial charge on any atom is -0.443 e. The zero-order valence-corrected chi connectivity index (χ0v) is 28.0. The van der Waals surface area contributed by atoms with Gasteiger partial charge in [-0.25, -0.2) is 14.2 Å². The maximum absolute atomic E-state index is 15.7. The Morgan fingerprint density at radius 2 is 1.80 bits per heavy atom. The molecule has 1 amide bonds.